The highest BCUT2D eigenvalue weighted by Crippen LogP contribution is 2.26. The molecule has 0 heterocycles. The molecule has 0 aliphatic carbocycles. The van der Waals surface area contributed by atoms with Gasteiger partial charge in [-0.1, -0.05) is 41.9 Å². The monoisotopic (exact) mass is 476 g/mol. The molecule has 130 valence electrons. The lowest BCUT2D eigenvalue weighted by atomic mass is 10.2. The quantitative estimate of drug-likeness (QED) is 0.492. The van der Waals surface area contributed by atoms with Gasteiger partial charge in [-0.3, -0.25) is 9.59 Å². The summed E-state index contributed by atoms with van der Waals surface area (Å²) in [6.45, 7) is 0. The molecule has 0 atom stereocenters. The van der Waals surface area contributed by atoms with Crippen LogP contribution in [0.2, 0.25) is 5.02 Å². The van der Waals surface area contributed by atoms with E-state index < -0.39 is 0 Å². The minimum atomic E-state index is -0.270. The number of halogens is 2. The molecular weight excluding hydrogens is 463 g/mol. The van der Waals surface area contributed by atoms with E-state index in [0.29, 0.717) is 27.5 Å². The van der Waals surface area contributed by atoms with Crippen LogP contribution < -0.4 is 10.6 Å². The zero-order valence-electron chi connectivity index (χ0n) is 13.5. The smallest absolute Gasteiger partial charge is 0.256 e. The van der Waals surface area contributed by atoms with E-state index in [1.807, 2.05) is 24.3 Å². The number of hydrogen-bond donors (Lipinski definition) is 2. The van der Waals surface area contributed by atoms with E-state index in [1.54, 1.807) is 48.5 Å². The van der Waals surface area contributed by atoms with E-state index in [9.17, 15) is 9.59 Å². The molecule has 0 bridgehead atoms. The second-order valence-corrected chi connectivity index (χ2v) is 7.02. The Morgan fingerprint density at radius 3 is 2.23 bits per heavy atom. The fraction of sp³-hybridized carbons (Fsp3) is 0. The van der Waals surface area contributed by atoms with Gasteiger partial charge in [0.25, 0.3) is 11.8 Å². The number of hydrogen-bond acceptors (Lipinski definition) is 2. The van der Waals surface area contributed by atoms with Crippen LogP contribution in [0.4, 0.5) is 11.4 Å². The maximum absolute atomic E-state index is 12.4. The van der Waals surface area contributed by atoms with Crippen molar-refractivity contribution in [3.63, 3.8) is 0 Å². The van der Waals surface area contributed by atoms with Crippen LogP contribution >= 0.6 is 34.2 Å². The number of nitrogens with one attached hydrogen (secondary N) is 2. The highest BCUT2D eigenvalue weighted by molar-refractivity contribution is 14.1. The molecule has 4 nitrogen and oxygen atoms in total. The van der Waals surface area contributed by atoms with Crippen molar-refractivity contribution >= 4 is 57.4 Å². The lowest BCUT2D eigenvalue weighted by molar-refractivity contribution is 0.101. The first-order valence-corrected chi connectivity index (χ1v) is 9.22. The van der Waals surface area contributed by atoms with Crippen molar-refractivity contribution in [2.75, 3.05) is 10.6 Å². The minimum absolute atomic E-state index is 0.224. The van der Waals surface area contributed by atoms with E-state index in [-0.39, 0.29) is 11.8 Å². The Morgan fingerprint density at radius 2 is 1.50 bits per heavy atom. The van der Waals surface area contributed by atoms with E-state index in [4.69, 9.17) is 11.6 Å². The van der Waals surface area contributed by atoms with Crippen LogP contribution in [0.1, 0.15) is 20.7 Å². The number of rotatable bonds is 4. The third-order valence-electron chi connectivity index (χ3n) is 3.63. The molecule has 0 spiro atoms. The Kier molecular flexibility index (Phi) is 5.90. The molecule has 0 saturated carbocycles. The summed E-state index contributed by atoms with van der Waals surface area (Å²) >= 11 is 8.29. The molecular formula is C20H14ClIN2O2. The van der Waals surface area contributed by atoms with E-state index >= 15 is 0 Å². The van der Waals surface area contributed by atoms with Gasteiger partial charge in [0.05, 0.1) is 16.3 Å². The largest absolute Gasteiger partial charge is 0.322 e. The molecule has 2 amide bonds. The van der Waals surface area contributed by atoms with Gasteiger partial charge in [0.2, 0.25) is 0 Å². The fourth-order valence-electron chi connectivity index (χ4n) is 2.33. The number of amides is 2. The standard InChI is InChI=1S/C20H14ClIN2O2/c21-16-11-10-14(23-20(26)15-8-4-5-9-17(15)22)12-18(16)24-19(25)13-6-2-1-3-7-13/h1-12H,(H,23,26)(H,24,25). The first-order valence-electron chi connectivity index (χ1n) is 7.76. The van der Waals surface area contributed by atoms with Gasteiger partial charge >= 0.3 is 0 Å². The van der Waals surface area contributed by atoms with E-state index in [0.717, 1.165) is 3.57 Å². The molecule has 6 heteroatoms. The van der Waals surface area contributed by atoms with Gasteiger partial charge in [-0.25, -0.2) is 0 Å². The van der Waals surface area contributed by atoms with Crippen LogP contribution in [0.5, 0.6) is 0 Å². The average molecular weight is 477 g/mol. The number of benzene rings is 3. The zero-order valence-corrected chi connectivity index (χ0v) is 16.4. The number of carbonyl (C=O) groups is 2. The summed E-state index contributed by atoms with van der Waals surface area (Å²) in [7, 11) is 0. The summed E-state index contributed by atoms with van der Waals surface area (Å²) in [6.07, 6.45) is 0. The first-order chi connectivity index (χ1) is 12.5. The Morgan fingerprint density at radius 1 is 0.808 bits per heavy atom. The maximum Gasteiger partial charge on any atom is 0.256 e. The molecule has 0 aliphatic heterocycles. The summed E-state index contributed by atoms with van der Waals surface area (Å²) in [5.41, 5.74) is 2.08. The predicted octanol–water partition coefficient (Wildman–Crippen LogP) is 5.45. The van der Waals surface area contributed by atoms with Gasteiger partial charge in [0.15, 0.2) is 0 Å². The zero-order chi connectivity index (χ0) is 18.5. The van der Waals surface area contributed by atoms with Crippen molar-refractivity contribution in [2.45, 2.75) is 0 Å². The van der Waals surface area contributed by atoms with Gasteiger partial charge in [-0.15, -0.1) is 0 Å². The van der Waals surface area contributed by atoms with Crippen molar-refractivity contribution in [1.82, 2.24) is 0 Å². The Balaban J connectivity index is 1.78. The highest BCUT2D eigenvalue weighted by Gasteiger charge is 2.12. The number of carbonyl (C=O) groups excluding carboxylic acids is 2. The molecule has 0 fully saturated rings. The molecule has 0 unspecified atom stereocenters. The SMILES string of the molecule is O=C(Nc1cc(NC(=O)c2ccccc2I)ccc1Cl)c1ccccc1. The van der Waals surface area contributed by atoms with Crippen LogP contribution in [0, 0.1) is 3.57 Å². The van der Waals surface area contributed by atoms with E-state index in [2.05, 4.69) is 33.2 Å². The third kappa shape index (κ3) is 4.42. The normalized spacial score (nSPS) is 10.2. The van der Waals surface area contributed by atoms with Crippen LogP contribution in [0.25, 0.3) is 0 Å². The molecule has 3 aromatic carbocycles. The minimum Gasteiger partial charge on any atom is -0.322 e. The summed E-state index contributed by atoms with van der Waals surface area (Å²) in [5, 5.41) is 5.98. The average Bonchev–Trinajstić information content (AvgIpc) is 2.65. The summed E-state index contributed by atoms with van der Waals surface area (Å²) in [4.78, 5) is 24.7. The predicted molar refractivity (Wildman–Crippen MR) is 113 cm³/mol. The lowest BCUT2D eigenvalue weighted by Crippen LogP contribution is -2.15. The Labute approximate surface area is 169 Å². The molecule has 0 saturated heterocycles. The van der Waals surface area contributed by atoms with Crippen molar-refractivity contribution in [3.05, 3.63) is 92.5 Å². The summed E-state index contributed by atoms with van der Waals surface area (Å²) in [5.74, 6) is -0.494. The molecule has 0 radical (unpaired) electrons. The molecule has 0 aliphatic rings. The van der Waals surface area contributed by atoms with Crippen LogP contribution in [-0.2, 0) is 0 Å². The van der Waals surface area contributed by atoms with Crippen LogP contribution in [0.3, 0.4) is 0 Å². The van der Waals surface area contributed by atoms with Crippen molar-refractivity contribution in [2.24, 2.45) is 0 Å². The molecule has 0 aromatic heterocycles. The molecule has 26 heavy (non-hydrogen) atoms. The van der Waals surface area contributed by atoms with Gasteiger partial charge in [-0.2, -0.15) is 0 Å². The van der Waals surface area contributed by atoms with Gasteiger partial charge in [-0.05, 0) is 65.1 Å². The summed E-state index contributed by atoms with van der Waals surface area (Å²) < 4.78 is 0.856. The van der Waals surface area contributed by atoms with Crippen molar-refractivity contribution < 1.29 is 9.59 Å². The van der Waals surface area contributed by atoms with Gasteiger partial charge < -0.3 is 10.6 Å². The first kappa shape index (κ1) is 18.4. The maximum atomic E-state index is 12.4. The molecule has 3 aromatic rings. The number of anilines is 2. The summed E-state index contributed by atoms with van der Waals surface area (Å²) in [6, 6.07) is 21.1. The third-order valence-corrected chi connectivity index (χ3v) is 4.90. The van der Waals surface area contributed by atoms with E-state index in [1.165, 1.54) is 0 Å². The van der Waals surface area contributed by atoms with Crippen LogP contribution in [-0.4, -0.2) is 11.8 Å². The van der Waals surface area contributed by atoms with Gasteiger partial charge in [0, 0.05) is 14.8 Å². The molecule has 2 N–H and O–H groups in total. The Hall–Kier alpha value is -2.38. The highest BCUT2D eigenvalue weighted by atomic mass is 127. The second kappa shape index (κ2) is 8.33. The van der Waals surface area contributed by atoms with Crippen molar-refractivity contribution in [3.8, 4) is 0 Å². The van der Waals surface area contributed by atoms with Gasteiger partial charge in [0.1, 0.15) is 0 Å². The topological polar surface area (TPSA) is 58.2 Å². The van der Waals surface area contributed by atoms with Crippen molar-refractivity contribution in [1.29, 1.82) is 0 Å². The van der Waals surface area contributed by atoms with Crippen LogP contribution in [0.15, 0.2) is 72.8 Å². The lowest BCUT2D eigenvalue weighted by Gasteiger charge is -2.11. The fourth-order valence-corrected chi connectivity index (χ4v) is 3.12. The second-order valence-electron chi connectivity index (χ2n) is 5.45. The Bertz CT molecular complexity index is 961. The molecule has 3 rings (SSSR count).